The molecule has 2 nitrogen and oxygen atoms in total. The molecule has 1 heterocycles. The summed E-state index contributed by atoms with van der Waals surface area (Å²) < 4.78 is 12.5. The fourth-order valence-corrected chi connectivity index (χ4v) is 4.45. The monoisotopic (exact) mass is 236 g/mol. The van der Waals surface area contributed by atoms with Gasteiger partial charge in [-0.2, -0.15) is 0 Å². The summed E-state index contributed by atoms with van der Waals surface area (Å²) in [6.45, 7) is 9.35. The summed E-state index contributed by atoms with van der Waals surface area (Å²) in [5, 5.41) is 0. The lowest BCUT2D eigenvalue weighted by molar-refractivity contribution is -0.199. The molecule has 0 aromatic carbocycles. The quantitative estimate of drug-likeness (QED) is 0.698. The van der Waals surface area contributed by atoms with Gasteiger partial charge in [-0.25, -0.2) is 0 Å². The number of hydrogen-bond donors (Lipinski definition) is 0. The standard InChI is InChI=1S/C14H25BO2/c1-5-6-7-15-16-12-9-10-8-11(13(10,2)3)14(12,4)17-15/h10-12H,5-9H2,1-4H3/t10?,11?,12?,14-/m0/s1. The zero-order valence-electron chi connectivity index (χ0n) is 11.7. The van der Waals surface area contributed by atoms with Crippen LogP contribution in [0.4, 0.5) is 0 Å². The van der Waals surface area contributed by atoms with Gasteiger partial charge in [-0.15, -0.1) is 0 Å². The number of unbranched alkanes of at least 4 members (excludes halogenated alkanes) is 1. The van der Waals surface area contributed by atoms with Gasteiger partial charge in [-0.3, -0.25) is 0 Å². The Labute approximate surface area is 106 Å². The van der Waals surface area contributed by atoms with Crippen molar-refractivity contribution in [1.29, 1.82) is 0 Å². The highest BCUT2D eigenvalue weighted by atomic mass is 16.7. The van der Waals surface area contributed by atoms with E-state index in [4.69, 9.17) is 9.31 Å². The third-order valence-electron chi connectivity index (χ3n) is 5.80. The van der Waals surface area contributed by atoms with Crippen LogP contribution in [0.2, 0.25) is 6.32 Å². The van der Waals surface area contributed by atoms with Gasteiger partial charge in [-0.05, 0) is 43.3 Å². The van der Waals surface area contributed by atoms with Gasteiger partial charge < -0.3 is 9.31 Å². The topological polar surface area (TPSA) is 18.5 Å². The summed E-state index contributed by atoms with van der Waals surface area (Å²) in [5.41, 5.74) is 0.463. The van der Waals surface area contributed by atoms with E-state index in [1.165, 1.54) is 25.7 Å². The van der Waals surface area contributed by atoms with Crippen molar-refractivity contribution >= 4 is 7.12 Å². The van der Waals surface area contributed by atoms with Gasteiger partial charge >= 0.3 is 7.12 Å². The molecule has 2 bridgehead atoms. The van der Waals surface area contributed by atoms with Gasteiger partial charge in [0.1, 0.15) is 0 Å². The first-order valence-corrected chi connectivity index (χ1v) is 7.31. The molecule has 4 atom stereocenters. The van der Waals surface area contributed by atoms with Crippen molar-refractivity contribution in [2.45, 2.75) is 71.4 Å². The Morgan fingerprint density at radius 3 is 2.65 bits per heavy atom. The van der Waals surface area contributed by atoms with Crippen molar-refractivity contribution in [3.05, 3.63) is 0 Å². The maximum Gasteiger partial charge on any atom is 0.457 e. The van der Waals surface area contributed by atoms with E-state index in [1.54, 1.807) is 0 Å². The van der Waals surface area contributed by atoms with Crippen LogP contribution in [-0.4, -0.2) is 18.8 Å². The highest BCUT2D eigenvalue weighted by Crippen LogP contribution is 2.65. The van der Waals surface area contributed by atoms with E-state index in [2.05, 4.69) is 27.7 Å². The molecule has 0 N–H and O–H groups in total. The van der Waals surface area contributed by atoms with Crippen molar-refractivity contribution < 1.29 is 9.31 Å². The van der Waals surface area contributed by atoms with E-state index in [0.29, 0.717) is 17.4 Å². The zero-order chi connectivity index (χ0) is 12.3. The third-order valence-corrected chi connectivity index (χ3v) is 5.80. The number of hydrogen-bond acceptors (Lipinski definition) is 2. The summed E-state index contributed by atoms with van der Waals surface area (Å²) in [5.74, 6) is 1.56. The molecule has 17 heavy (non-hydrogen) atoms. The second-order valence-corrected chi connectivity index (χ2v) is 7.04. The Kier molecular flexibility index (Phi) is 2.65. The lowest BCUT2D eigenvalue weighted by Gasteiger charge is -2.64. The van der Waals surface area contributed by atoms with Crippen LogP contribution in [0.1, 0.15) is 53.4 Å². The summed E-state index contributed by atoms with van der Waals surface area (Å²) in [6, 6.07) is 0. The smallest absolute Gasteiger partial charge is 0.405 e. The first-order valence-electron chi connectivity index (χ1n) is 7.31. The van der Waals surface area contributed by atoms with E-state index in [-0.39, 0.29) is 12.7 Å². The van der Waals surface area contributed by atoms with Crippen molar-refractivity contribution in [3.63, 3.8) is 0 Å². The lowest BCUT2D eigenvalue weighted by Crippen LogP contribution is -2.65. The Hall–Kier alpha value is -0.0151. The van der Waals surface area contributed by atoms with Gasteiger partial charge in [0.25, 0.3) is 0 Å². The Bertz CT molecular complexity index is 317. The van der Waals surface area contributed by atoms with E-state index < -0.39 is 0 Å². The van der Waals surface area contributed by atoms with Crippen LogP contribution in [0, 0.1) is 17.3 Å². The molecule has 3 saturated carbocycles. The van der Waals surface area contributed by atoms with Crippen LogP contribution in [0.3, 0.4) is 0 Å². The van der Waals surface area contributed by atoms with Gasteiger partial charge in [-0.1, -0.05) is 33.6 Å². The van der Waals surface area contributed by atoms with E-state index in [0.717, 1.165) is 12.2 Å². The van der Waals surface area contributed by atoms with Crippen molar-refractivity contribution in [1.82, 2.24) is 0 Å². The maximum atomic E-state index is 6.32. The molecule has 0 spiro atoms. The largest absolute Gasteiger partial charge is 0.457 e. The van der Waals surface area contributed by atoms with Gasteiger partial charge in [0, 0.05) is 0 Å². The van der Waals surface area contributed by atoms with E-state index >= 15 is 0 Å². The molecule has 96 valence electrons. The molecular formula is C14H25BO2. The molecule has 0 radical (unpaired) electrons. The van der Waals surface area contributed by atoms with Gasteiger partial charge in [0.05, 0.1) is 11.7 Å². The minimum absolute atomic E-state index is 0.00332. The van der Waals surface area contributed by atoms with Crippen LogP contribution in [0.15, 0.2) is 0 Å². The Morgan fingerprint density at radius 1 is 1.24 bits per heavy atom. The van der Waals surface area contributed by atoms with Crippen LogP contribution in [0.25, 0.3) is 0 Å². The molecule has 3 unspecified atom stereocenters. The third kappa shape index (κ3) is 1.54. The first-order chi connectivity index (χ1) is 7.98. The lowest BCUT2D eigenvalue weighted by atomic mass is 9.43. The predicted octanol–water partition coefficient (Wildman–Crippen LogP) is 3.51. The summed E-state index contributed by atoms with van der Waals surface area (Å²) in [6.07, 6.45) is 6.43. The summed E-state index contributed by atoms with van der Waals surface area (Å²) in [4.78, 5) is 0. The minimum Gasteiger partial charge on any atom is -0.405 e. The van der Waals surface area contributed by atoms with Crippen molar-refractivity contribution in [2.75, 3.05) is 0 Å². The van der Waals surface area contributed by atoms with Crippen LogP contribution >= 0.6 is 0 Å². The van der Waals surface area contributed by atoms with Crippen molar-refractivity contribution in [2.24, 2.45) is 17.3 Å². The molecule has 0 amide bonds. The average Bonchev–Trinajstić information content (AvgIpc) is 2.61. The van der Waals surface area contributed by atoms with Gasteiger partial charge in [0.2, 0.25) is 0 Å². The number of rotatable bonds is 3. The fourth-order valence-electron chi connectivity index (χ4n) is 4.45. The molecule has 1 aliphatic heterocycles. The zero-order valence-corrected chi connectivity index (χ0v) is 11.7. The van der Waals surface area contributed by atoms with Crippen LogP contribution in [0.5, 0.6) is 0 Å². The Morgan fingerprint density at radius 2 is 2.00 bits per heavy atom. The molecule has 0 aromatic rings. The second-order valence-electron chi connectivity index (χ2n) is 7.04. The molecule has 1 saturated heterocycles. The second kappa shape index (κ2) is 3.74. The summed E-state index contributed by atoms with van der Waals surface area (Å²) in [7, 11) is 0.0695. The van der Waals surface area contributed by atoms with Crippen molar-refractivity contribution in [3.8, 4) is 0 Å². The highest BCUT2D eigenvalue weighted by molar-refractivity contribution is 6.45. The molecule has 3 aliphatic carbocycles. The molecule has 3 heteroatoms. The normalized spacial score (nSPS) is 46.6. The molecular weight excluding hydrogens is 211 g/mol. The molecule has 4 rings (SSSR count). The van der Waals surface area contributed by atoms with Gasteiger partial charge in [0.15, 0.2) is 0 Å². The average molecular weight is 236 g/mol. The fraction of sp³-hybridized carbons (Fsp3) is 1.00. The SMILES string of the molecule is CCCCB1OC2CC3CC(C3(C)C)[C@]2(C)O1. The Balaban J connectivity index is 1.73. The molecule has 4 fully saturated rings. The maximum absolute atomic E-state index is 6.32. The van der Waals surface area contributed by atoms with Crippen LogP contribution < -0.4 is 0 Å². The highest BCUT2D eigenvalue weighted by Gasteiger charge is 2.67. The minimum atomic E-state index is -0.00332. The molecule has 0 aromatic heterocycles. The molecule has 4 aliphatic rings. The predicted molar refractivity (Wildman–Crippen MR) is 69.8 cm³/mol. The first kappa shape index (κ1) is 12.0. The van der Waals surface area contributed by atoms with E-state index in [1.807, 2.05) is 0 Å². The summed E-state index contributed by atoms with van der Waals surface area (Å²) >= 11 is 0. The van der Waals surface area contributed by atoms with Crippen LogP contribution in [-0.2, 0) is 9.31 Å². The van der Waals surface area contributed by atoms with E-state index in [9.17, 15) is 0 Å².